The van der Waals surface area contributed by atoms with Gasteiger partial charge >= 0.3 is 0 Å². The van der Waals surface area contributed by atoms with E-state index in [1.807, 2.05) is 33.2 Å². The normalized spacial score (nSPS) is 20.3. The summed E-state index contributed by atoms with van der Waals surface area (Å²) < 4.78 is 7.24. The molecule has 3 aromatic heterocycles. The first-order chi connectivity index (χ1) is 15.5. The summed E-state index contributed by atoms with van der Waals surface area (Å²) in [5.41, 5.74) is 5.42. The van der Waals surface area contributed by atoms with Gasteiger partial charge in [-0.25, -0.2) is 15.0 Å². The Morgan fingerprint density at radius 2 is 1.66 bits per heavy atom. The fourth-order valence-corrected chi connectivity index (χ4v) is 4.84. The van der Waals surface area contributed by atoms with Gasteiger partial charge in [-0.3, -0.25) is 4.68 Å². The van der Waals surface area contributed by atoms with E-state index >= 15 is 0 Å². The second-order valence-electron chi connectivity index (χ2n) is 9.53. The molecule has 0 unspecified atom stereocenters. The van der Waals surface area contributed by atoms with Crippen molar-refractivity contribution in [3.8, 4) is 0 Å². The third-order valence-electron chi connectivity index (χ3n) is 7.28. The number of anilines is 1. The van der Waals surface area contributed by atoms with Crippen molar-refractivity contribution in [1.29, 1.82) is 0 Å². The minimum absolute atomic E-state index is 0.489. The molecule has 0 radical (unpaired) electrons. The van der Waals surface area contributed by atoms with E-state index in [0.717, 1.165) is 60.5 Å². The molecule has 0 amide bonds. The summed E-state index contributed by atoms with van der Waals surface area (Å²) in [6.07, 6.45) is 11.6. The van der Waals surface area contributed by atoms with Crippen LogP contribution in [-0.4, -0.2) is 56.0 Å². The van der Waals surface area contributed by atoms with Crippen molar-refractivity contribution < 1.29 is 4.74 Å². The number of ether oxygens (including phenoxy) is 1. The lowest BCUT2D eigenvalue weighted by Gasteiger charge is -2.30. The molecule has 170 valence electrons. The Morgan fingerprint density at radius 3 is 2.25 bits per heavy atom. The Bertz CT molecular complexity index is 1060. The molecule has 0 aromatic carbocycles. The maximum Gasteiger partial charge on any atom is 0.227 e. The molecule has 32 heavy (non-hydrogen) atoms. The lowest BCUT2D eigenvalue weighted by Crippen LogP contribution is -2.37. The van der Waals surface area contributed by atoms with Crippen molar-refractivity contribution >= 4 is 17.1 Å². The molecule has 3 aliphatic rings. The summed E-state index contributed by atoms with van der Waals surface area (Å²) in [6.45, 7) is 7.20. The molecule has 8 heteroatoms. The van der Waals surface area contributed by atoms with Crippen molar-refractivity contribution in [2.24, 2.45) is 12.5 Å². The van der Waals surface area contributed by atoms with Crippen molar-refractivity contribution in [3.63, 3.8) is 0 Å². The van der Waals surface area contributed by atoms with Gasteiger partial charge in [0.1, 0.15) is 5.52 Å². The lowest BCUT2D eigenvalue weighted by molar-refractivity contribution is 0.122. The number of hydrogen-bond donors (Lipinski definition) is 0. The second-order valence-corrected chi connectivity index (χ2v) is 9.53. The molecule has 1 aliphatic heterocycles. The maximum atomic E-state index is 5.49. The third kappa shape index (κ3) is 4.46. The van der Waals surface area contributed by atoms with Crippen molar-refractivity contribution in [3.05, 3.63) is 35.5 Å². The highest BCUT2D eigenvalue weighted by Crippen LogP contribution is 2.58. The van der Waals surface area contributed by atoms with Gasteiger partial charge in [0.2, 0.25) is 5.95 Å². The third-order valence-corrected chi connectivity index (χ3v) is 7.28. The first-order valence-electron chi connectivity index (χ1n) is 11.8. The van der Waals surface area contributed by atoms with E-state index in [1.165, 1.54) is 38.5 Å². The largest absolute Gasteiger partial charge is 0.378 e. The van der Waals surface area contributed by atoms with E-state index in [9.17, 15) is 0 Å². The van der Waals surface area contributed by atoms with E-state index in [2.05, 4.69) is 10.00 Å². The zero-order valence-electron chi connectivity index (χ0n) is 19.4. The standard InChI is InChI=1S/C20H27N5O.C4H6N2/c1-13-14(2)22-18-17(21-13)16(15-3-5-20(6-4-15)7-8-20)23-19(24-18)25-9-11-26-12-10-25;1-6-4-2-3-5-6/h15H,3-12H2,1-2H3;2-4H,1H3. The summed E-state index contributed by atoms with van der Waals surface area (Å²) in [6, 6.07) is 1.89. The molecule has 0 atom stereocenters. The quantitative estimate of drug-likeness (QED) is 0.606. The van der Waals surface area contributed by atoms with E-state index in [0.29, 0.717) is 11.3 Å². The van der Waals surface area contributed by atoms with Gasteiger partial charge in [-0.2, -0.15) is 10.1 Å². The highest BCUT2D eigenvalue weighted by molar-refractivity contribution is 5.75. The summed E-state index contributed by atoms with van der Waals surface area (Å²) in [5, 5.41) is 3.83. The second kappa shape index (κ2) is 8.73. The SMILES string of the molecule is Cc1nc2nc(N3CCOCC3)nc(C3CCC4(CC3)CC4)c2nc1C.Cn1cccn1. The van der Waals surface area contributed by atoms with Crippen LogP contribution in [0.2, 0.25) is 0 Å². The van der Waals surface area contributed by atoms with E-state index in [1.54, 1.807) is 10.9 Å². The van der Waals surface area contributed by atoms with Crippen LogP contribution in [0.3, 0.4) is 0 Å². The number of aromatic nitrogens is 6. The Kier molecular flexibility index (Phi) is 5.80. The molecule has 4 heterocycles. The van der Waals surface area contributed by atoms with E-state index in [4.69, 9.17) is 24.7 Å². The summed E-state index contributed by atoms with van der Waals surface area (Å²) in [7, 11) is 1.89. The fourth-order valence-electron chi connectivity index (χ4n) is 4.84. The number of morpholine rings is 1. The van der Waals surface area contributed by atoms with E-state index in [-0.39, 0.29) is 0 Å². The van der Waals surface area contributed by atoms with Crippen LogP contribution >= 0.6 is 0 Å². The van der Waals surface area contributed by atoms with Gasteiger partial charge in [0.15, 0.2) is 5.65 Å². The first-order valence-corrected chi connectivity index (χ1v) is 11.8. The zero-order chi connectivity index (χ0) is 22.1. The Balaban J connectivity index is 0.000000314. The molecule has 2 saturated carbocycles. The number of hydrogen-bond acceptors (Lipinski definition) is 7. The predicted molar refractivity (Wildman–Crippen MR) is 124 cm³/mol. The molecule has 0 N–H and O–H groups in total. The molecule has 0 bridgehead atoms. The van der Waals surface area contributed by atoms with Gasteiger partial charge in [0.25, 0.3) is 0 Å². The van der Waals surface area contributed by atoms with Crippen LogP contribution in [0.25, 0.3) is 11.2 Å². The Hall–Kier alpha value is -2.61. The van der Waals surface area contributed by atoms with Crippen LogP contribution in [-0.2, 0) is 11.8 Å². The zero-order valence-corrected chi connectivity index (χ0v) is 19.4. The summed E-state index contributed by atoms with van der Waals surface area (Å²) >= 11 is 0. The Morgan fingerprint density at radius 1 is 0.938 bits per heavy atom. The molecule has 1 saturated heterocycles. The van der Waals surface area contributed by atoms with Crippen molar-refractivity contribution in [2.45, 2.75) is 58.3 Å². The molecule has 6 rings (SSSR count). The average molecular weight is 436 g/mol. The number of nitrogens with zero attached hydrogens (tertiary/aromatic N) is 7. The highest BCUT2D eigenvalue weighted by atomic mass is 16.5. The Labute approximate surface area is 189 Å². The molecule has 2 aliphatic carbocycles. The van der Waals surface area contributed by atoms with E-state index < -0.39 is 0 Å². The highest BCUT2D eigenvalue weighted by Gasteiger charge is 2.45. The smallest absolute Gasteiger partial charge is 0.227 e. The molecular weight excluding hydrogens is 402 g/mol. The fraction of sp³-hybridized carbons (Fsp3) is 0.625. The van der Waals surface area contributed by atoms with Crippen LogP contribution in [0.5, 0.6) is 0 Å². The maximum absolute atomic E-state index is 5.49. The van der Waals surface area contributed by atoms with Crippen LogP contribution in [0.1, 0.15) is 61.5 Å². The van der Waals surface area contributed by atoms with Crippen LogP contribution in [0, 0.1) is 19.3 Å². The molecule has 3 fully saturated rings. The number of fused-ring (bicyclic) bond motifs is 1. The van der Waals surface area contributed by atoms with Crippen molar-refractivity contribution in [1.82, 2.24) is 29.7 Å². The van der Waals surface area contributed by atoms with Crippen LogP contribution in [0.4, 0.5) is 5.95 Å². The topological polar surface area (TPSA) is 81.9 Å². The average Bonchev–Trinajstić information content (AvgIpc) is 3.39. The summed E-state index contributed by atoms with van der Waals surface area (Å²) in [4.78, 5) is 21.7. The molecule has 3 aromatic rings. The van der Waals surface area contributed by atoms with Gasteiger partial charge in [-0.05, 0) is 63.9 Å². The lowest BCUT2D eigenvalue weighted by atomic mass is 9.78. The van der Waals surface area contributed by atoms with Gasteiger partial charge in [-0.15, -0.1) is 0 Å². The van der Waals surface area contributed by atoms with Crippen molar-refractivity contribution in [2.75, 3.05) is 31.2 Å². The van der Waals surface area contributed by atoms with Crippen LogP contribution in [0.15, 0.2) is 18.5 Å². The number of aryl methyl sites for hydroxylation is 3. The first kappa shape index (κ1) is 21.2. The minimum atomic E-state index is 0.489. The summed E-state index contributed by atoms with van der Waals surface area (Å²) in [5.74, 6) is 1.29. The predicted octanol–water partition coefficient (Wildman–Crippen LogP) is 3.73. The van der Waals surface area contributed by atoms with Gasteiger partial charge < -0.3 is 9.64 Å². The minimum Gasteiger partial charge on any atom is -0.378 e. The van der Waals surface area contributed by atoms with Gasteiger partial charge in [0.05, 0.1) is 30.3 Å². The molecular formula is C24H33N7O. The number of rotatable bonds is 2. The molecule has 1 spiro atoms. The molecule has 8 nitrogen and oxygen atoms in total. The van der Waals surface area contributed by atoms with Gasteiger partial charge in [0, 0.05) is 38.4 Å². The van der Waals surface area contributed by atoms with Crippen LogP contribution < -0.4 is 4.90 Å². The van der Waals surface area contributed by atoms with Gasteiger partial charge in [-0.1, -0.05) is 0 Å². The monoisotopic (exact) mass is 435 g/mol.